The average Bonchev–Trinajstić information content (AvgIpc) is 2.74. The number of benzene rings is 3. The molecule has 0 saturated heterocycles. The van der Waals surface area contributed by atoms with Crippen LogP contribution < -0.4 is 5.32 Å². The molecule has 0 bridgehead atoms. The topological polar surface area (TPSA) is 86.6 Å². The van der Waals surface area contributed by atoms with E-state index in [0.717, 1.165) is 30.5 Å². The molecule has 0 aliphatic carbocycles. The minimum atomic E-state index is -1.18. The quantitative estimate of drug-likeness (QED) is 0.354. The molecule has 0 amide bonds. The molecule has 0 unspecified atom stereocenters. The van der Waals surface area contributed by atoms with Crippen LogP contribution in [0.25, 0.3) is 0 Å². The van der Waals surface area contributed by atoms with Crippen molar-refractivity contribution >= 4 is 23.1 Å². The fourth-order valence-electron chi connectivity index (χ4n) is 3.21. The van der Waals surface area contributed by atoms with Crippen LogP contribution in [0.5, 0.6) is 5.75 Å². The van der Waals surface area contributed by atoms with E-state index in [1.807, 2.05) is 36.4 Å². The van der Waals surface area contributed by atoms with Crippen LogP contribution in [-0.4, -0.2) is 22.0 Å². The molecular weight excluding hydrogens is 366 g/mol. The molecule has 148 valence electrons. The van der Waals surface area contributed by atoms with Crippen LogP contribution in [0.4, 0.5) is 11.4 Å². The van der Waals surface area contributed by atoms with Gasteiger partial charge < -0.3 is 15.5 Å². The monoisotopic (exact) mass is 389 g/mol. The Bertz CT molecular complexity index is 1030. The first-order valence-electron chi connectivity index (χ1n) is 9.56. The number of nitrogens with one attached hydrogen (secondary N) is 1. The molecule has 0 fully saturated rings. The Morgan fingerprint density at radius 3 is 2.17 bits per heavy atom. The van der Waals surface area contributed by atoms with Crippen molar-refractivity contribution in [1.82, 2.24) is 0 Å². The van der Waals surface area contributed by atoms with E-state index in [-0.39, 0.29) is 22.4 Å². The van der Waals surface area contributed by atoms with E-state index < -0.39 is 11.8 Å². The Balaban J connectivity index is 2.07. The summed E-state index contributed by atoms with van der Waals surface area (Å²) >= 11 is 0. The van der Waals surface area contributed by atoms with Gasteiger partial charge in [0.25, 0.3) is 0 Å². The third-order valence-corrected chi connectivity index (χ3v) is 4.75. The summed E-state index contributed by atoms with van der Waals surface area (Å²) in [4.78, 5) is 24.6. The third-order valence-electron chi connectivity index (χ3n) is 4.75. The molecule has 0 aliphatic rings. The number of aryl methyl sites for hydroxylation is 1. The summed E-state index contributed by atoms with van der Waals surface area (Å²) < 4.78 is 0. The highest BCUT2D eigenvalue weighted by molar-refractivity contribution is 6.16. The van der Waals surface area contributed by atoms with Crippen LogP contribution in [-0.2, 0) is 6.42 Å². The van der Waals surface area contributed by atoms with E-state index in [4.69, 9.17) is 0 Å². The lowest BCUT2D eigenvalue weighted by molar-refractivity contribution is 0.0692. The van der Waals surface area contributed by atoms with Gasteiger partial charge in [-0.1, -0.05) is 55.8 Å². The van der Waals surface area contributed by atoms with Gasteiger partial charge in [0.05, 0.1) is 16.8 Å². The van der Waals surface area contributed by atoms with E-state index in [0.29, 0.717) is 5.69 Å². The largest absolute Gasteiger partial charge is 0.505 e. The third kappa shape index (κ3) is 4.46. The van der Waals surface area contributed by atoms with Crippen LogP contribution in [0.15, 0.2) is 66.7 Å². The minimum absolute atomic E-state index is 0.0438. The van der Waals surface area contributed by atoms with Crippen molar-refractivity contribution in [1.29, 1.82) is 0 Å². The molecule has 5 nitrogen and oxygen atoms in total. The number of carbonyl (C=O) groups excluding carboxylic acids is 1. The van der Waals surface area contributed by atoms with Crippen molar-refractivity contribution in [3.63, 3.8) is 0 Å². The fraction of sp³-hybridized carbons (Fsp3) is 0.167. The zero-order valence-corrected chi connectivity index (χ0v) is 16.2. The summed E-state index contributed by atoms with van der Waals surface area (Å²) in [6, 6.07) is 18.8. The smallest absolute Gasteiger partial charge is 0.336 e. The van der Waals surface area contributed by atoms with E-state index in [1.165, 1.54) is 12.1 Å². The summed E-state index contributed by atoms with van der Waals surface area (Å²) in [6.07, 6.45) is 2.69. The summed E-state index contributed by atoms with van der Waals surface area (Å²) in [5.41, 5.74) is 2.18. The van der Waals surface area contributed by atoms with Crippen molar-refractivity contribution in [2.24, 2.45) is 0 Å². The normalized spacial score (nSPS) is 10.5. The number of carbonyl (C=O) groups is 2. The molecule has 3 rings (SSSR count). The first-order valence-corrected chi connectivity index (χ1v) is 9.56. The van der Waals surface area contributed by atoms with Gasteiger partial charge in [-0.05, 0) is 42.7 Å². The van der Waals surface area contributed by atoms with Gasteiger partial charge in [-0.15, -0.1) is 0 Å². The van der Waals surface area contributed by atoms with Crippen molar-refractivity contribution in [2.45, 2.75) is 26.2 Å². The lowest BCUT2D eigenvalue weighted by atomic mass is 9.94. The van der Waals surface area contributed by atoms with Gasteiger partial charge in [0, 0.05) is 11.3 Å². The van der Waals surface area contributed by atoms with E-state index >= 15 is 0 Å². The van der Waals surface area contributed by atoms with Crippen molar-refractivity contribution in [3.8, 4) is 5.75 Å². The molecule has 0 spiro atoms. The van der Waals surface area contributed by atoms with E-state index in [2.05, 4.69) is 12.2 Å². The number of aromatic carboxylic acids is 1. The number of unbranched alkanes of at least 4 members (excludes halogenated alkanes) is 1. The second kappa shape index (κ2) is 9.06. The zero-order chi connectivity index (χ0) is 20.8. The predicted molar refractivity (Wildman–Crippen MR) is 113 cm³/mol. The molecule has 0 radical (unpaired) electrons. The summed E-state index contributed by atoms with van der Waals surface area (Å²) in [7, 11) is 0. The van der Waals surface area contributed by atoms with Gasteiger partial charge in [0.1, 0.15) is 5.75 Å². The SMILES string of the molecule is CCCCc1ccc(C(=O)c2ccccc2C(=O)O)c(O)c1Nc1ccccc1. The van der Waals surface area contributed by atoms with Gasteiger partial charge in [0.2, 0.25) is 0 Å². The van der Waals surface area contributed by atoms with Crippen molar-refractivity contribution in [2.75, 3.05) is 5.32 Å². The molecule has 0 atom stereocenters. The first-order chi connectivity index (χ1) is 14.0. The molecule has 0 saturated carbocycles. The highest BCUT2D eigenvalue weighted by Gasteiger charge is 2.23. The molecule has 29 heavy (non-hydrogen) atoms. The van der Waals surface area contributed by atoms with Crippen LogP contribution in [0.3, 0.4) is 0 Å². The molecule has 3 aromatic carbocycles. The summed E-state index contributed by atoms with van der Waals surface area (Å²) in [5, 5.41) is 23.6. The highest BCUT2D eigenvalue weighted by atomic mass is 16.4. The maximum Gasteiger partial charge on any atom is 0.336 e. The second-order valence-electron chi connectivity index (χ2n) is 6.77. The predicted octanol–water partition coefficient (Wildman–Crippen LogP) is 5.41. The number of aromatic hydroxyl groups is 1. The minimum Gasteiger partial charge on any atom is -0.505 e. The number of carboxylic acid groups (broad SMARTS) is 1. The Kier molecular flexibility index (Phi) is 6.29. The number of para-hydroxylation sites is 1. The van der Waals surface area contributed by atoms with E-state index in [1.54, 1.807) is 18.2 Å². The molecule has 3 N–H and O–H groups in total. The van der Waals surface area contributed by atoms with Gasteiger partial charge >= 0.3 is 5.97 Å². The van der Waals surface area contributed by atoms with Crippen LogP contribution in [0.1, 0.15) is 51.6 Å². The zero-order valence-electron chi connectivity index (χ0n) is 16.2. The number of hydrogen-bond donors (Lipinski definition) is 3. The number of anilines is 2. The Morgan fingerprint density at radius 2 is 1.52 bits per heavy atom. The molecule has 3 aromatic rings. The molecule has 0 heterocycles. The maximum atomic E-state index is 13.1. The highest BCUT2D eigenvalue weighted by Crippen LogP contribution is 2.36. The first kappa shape index (κ1) is 20.1. The summed E-state index contributed by atoms with van der Waals surface area (Å²) in [6.45, 7) is 2.09. The standard InChI is InChI=1S/C24H23NO4/c1-2-3-9-16-14-15-20(22(26)18-12-7-8-13-19(18)24(28)29)23(27)21(16)25-17-10-5-4-6-11-17/h4-8,10-15,25,27H,2-3,9H2,1H3,(H,28,29). The number of carboxylic acids is 1. The Morgan fingerprint density at radius 1 is 0.862 bits per heavy atom. The maximum absolute atomic E-state index is 13.1. The van der Waals surface area contributed by atoms with E-state index in [9.17, 15) is 19.8 Å². The number of phenols is 1. The lowest BCUT2D eigenvalue weighted by Crippen LogP contribution is -2.11. The fourth-order valence-corrected chi connectivity index (χ4v) is 3.21. The molecular formula is C24H23NO4. The second-order valence-corrected chi connectivity index (χ2v) is 6.77. The van der Waals surface area contributed by atoms with Gasteiger partial charge in [-0.3, -0.25) is 4.79 Å². The van der Waals surface area contributed by atoms with Crippen molar-refractivity contribution in [3.05, 3.63) is 89.0 Å². The number of rotatable bonds is 8. The summed E-state index contributed by atoms with van der Waals surface area (Å²) in [5.74, 6) is -1.89. The van der Waals surface area contributed by atoms with Gasteiger partial charge in [0.15, 0.2) is 5.78 Å². The van der Waals surface area contributed by atoms with Gasteiger partial charge in [-0.25, -0.2) is 4.79 Å². The average molecular weight is 389 g/mol. The van der Waals surface area contributed by atoms with Crippen molar-refractivity contribution < 1.29 is 19.8 Å². The number of phenolic OH excluding ortho intramolecular Hbond substituents is 1. The molecule has 0 aliphatic heterocycles. The number of hydrogen-bond acceptors (Lipinski definition) is 4. The Hall–Kier alpha value is -3.60. The number of ketones is 1. The van der Waals surface area contributed by atoms with Crippen LogP contribution in [0, 0.1) is 0 Å². The van der Waals surface area contributed by atoms with Crippen LogP contribution >= 0.6 is 0 Å². The Labute approximate surface area is 169 Å². The van der Waals surface area contributed by atoms with Crippen LogP contribution in [0.2, 0.25) is 0 Å². The molecule has 0 aromatic heterocycles. The lowest BCUT2D eigenvalue weighted by Gasteiger charge is -2.17. The van der Waals surface area contributed by atoms with Gasteiger partial charge in [-0.2, -0.15) is 0 Å². The molecule has 5 heteroatoms.